The zero-order valence-electron chi connectivity index (χ0n) is 6.72. The van der Waals surface area contributed by atoms with Gasteiger partial charge < -0.3 is 5.73 Å². The molecule has 0 aromatic carbocycles. The Balaban J connectivity index is 2.37. The highest BCUT2D eigenvalue weighted by Crippen LogP contribution is 2.26. The van der Waals surface area contributed by atoms with Gasteiger partial charge >= 0.3 is 0 Å². The van der Waals surface area contributed by atoms with Crippen LogP contribution in [0.2, 0.25) is 0 Å². The van der Waals surface area contributed by atoms with E-state index in [1.807, 2.05) is 0 Å². The summed E-state index contributed by atoms with van der Waals surface area (Å²) in [4.78, 5) is 0. The Hall–Kier alpha value is -0.830. The van der Waals surface area contributed by atoms with Gasteiger partial charge in [0.25, 0.3) is 0 Å². The van der Waals surface area contributed by atoms with Crippen LogP contribution in [0.5, 0.6) is 0 Å². The first-order valence-electron chi connectivity index (χ1n) is 4.06. The third-order valence-corrected chi connectivity index (χ3v) is 2.34. The Morgan fingerprint density at radius 3 is 3.18 bits per heavy atom. The van der Waals surface area contributed by atoms with Gasteiger partial charge in [-0.2, -0.15) is 5.10 Å². The predicted molar refractivity (Wildman–Crippen MR) is 43.1 cm³/mol. The summed E-state index contributed by atoms with van der Waals surface area (Å²) in [5, 5.41) is 7.18. The molecule has 1 aromatic rings. The number of nitrogens with zero attached hydrogens (tertiary/aromatic N) is 1. The summed E-state index contributed by atoms with van der Waals surface area (Å²) >= 11 is 0. The molecule has 11 heavy (non-hydrogen) atoms. The van der Waals surface area contributed by atoms with E-state index in [1.165, 1.54) is 11.3 Å². The summed E-state index contributed by atoms with van der Waals surface area (Å²) in [6.45, 7) is 2.83. The molecule has 0 bridgehead atoms. The minimum absolute atomic E-state index is 0.568. The van der Waals surface area contributed by atoms with Gasteiger partial charge in [-0.1, -0.05) is 6.92 Å². The van der Waals surface area contributed by atoms with Crippen molar-refractivity contribution in [3.63, 3.8) is 0 Å². The Morgan fingerprint density at radius 1 is 1.64 bits per heavy atom. The van der Waals surface area contributed by atoms with Crippen molar-refractivity contribution >= 4 is 0 Å². The van der Waals surface area contributed by atoms with Crippen molar-refractivity contribution in [1.82, 2.24) is 10.2 Å². The second-order valence-corrected chi connectivity index (χ2v) is 3.34. The summed E-state index contributed by atoms with van der Waals surface area (Å²) < 4.78 is 0. The average Bonchev–Trinajstić information content (AvgIpc) is 2.45. The quantitative estimate of drug-likeness (QED) is 0.617. The van der Waals surface area contributed by atoms with Crippen molar-refractivity contribution in [3.05, 3.63) is 17.0 Å². The smallest absolute Gasteiger partial charge is 0.0792 e. The van der Waals surface area contributed by atoms with Gasteiger partial charge in [-0.15, -0.1) is 0 Å². The Morgan fingerprint density at radius 2 is 2.45 bits per heavy atom. The van der Waals surface area contributed by atoms with Crippen LogP contribution in [0.1, 0.15) is 23.9 Å². The number of fused-ring (bicyclic) bond motifs is 1. The number of rotatable bonds is 1. The van der Waals surface area contributed by atoms with E-state index in [9.17, 15) is 0 Å². The SMILES string of the molecule is CC1Cc2[nH]nc(CN)c2C1. The zero-order chi connectivity index (χ0) is 7.84. The molecular formula is C8H13N3. The molecular weight excluding hydrogens is 138 g/mol. The average molecular weight is 151 g/mol. The lowest BCUT2D eigenvalue weighted by Gasteiger charge is -1.97. The summed E-state index contributed by atoms with van der Waals surface area (Å²) in [7, 11) is 0. The first kappa shape index (κ1) is 6.85. The zero-order valence-corrected chi connectivity index (χ0v) is 6.72. The molecule has 3 N–H and O–H groups in total. The Labute approximate surface area is 66.0 Å². The summed E-state index contributed by atoms with van der Waals surface area (Å²) in [5.74, 6) is 0.768. The molecule has 0 aliphatic heterocycles. The maximum Gasteiger partial charge on any atom is 0.0792 e. The highest BCUT2D eigenvalue weighted by atomic mass is 15.1. The Kier molecular flexibility index (Phi) is 1.46. The molecule has 0 radical (unpaired) electrons. The summed E-state index contributed by atoms with van der Waals surface area (Å²) in [6.07, 6.45) is 2.29. The van der Waals surface area contributed by atoms with Crippen LogP contribution in [0.15, 0.2) is 0 Å². The Bertz CT molecular complexity index is 264. The molecule has 1 aliphatic carbocycles. The molecule has 0 saturated carbocycles. The van der Waals surface area contributed by atoms with Gasteiger partial charge in [0, 0.05) is 12.2 Å². The van der Waals surface area contributed by atoms with E-state index in [2.05, 4.69) is 17.1 Å². The van der Waals surface area contributed by atoms with Crippen molar-refractivity contribution in [2.45, 2.75) is 26.3 Å². The van der Waals surface area contributed by atoms with Crippen molar-refractivity contribution < 1.29 is 0 Å². The van der Waals surface area contributed by atoms with Crippen LogP contribution in [-0.4, -0.2) is 10.2 Å². The van der Waals surface area contributed by atoms with Crippen LogP contribution in [0.4, 0.5) is 0 Å². The monoisotopic (exact) mass is 151 g/mol. The number of hydrogen-bond donors (Lipinski definition) is 2. The third-order valence-electron chi connectivity index (χ3n) is 2.34. The van der Waals surface area contributed by atoms with Gasteiger partial charge in [0.05, 0.1) is 5.69 Å². The highest BCUT2D eigenvalue weighted by Gasteiger charge is 2.22. The van der Waals surface area contributed by atoms with Crippen LogP contribution in [0, 0.1) is 5.92 Å². The summed E-state index contributed by atoms with van der Waals surface area (Å²) in [6, 6.07) is 0. The fraction of sp³-hybridized carbons (Fsp3) is 0.625. The highest BCUT2D eigenvalue weighted by molar-refractivity contribution is 5.30. The van der Waals surface area contributed by atoms with E-state index in [0.29, 0.717) is 6.54 Å². The fourth-order valence-corrected chi connectivity index (χ4v) is 1.79. The predicted octanol–water partition coefficient (Wildman–Crippen LogP) is 0.603. The first-order valence-corrected chi connectivity index (χ1v) is 4.06. The lowest BCUT2D eigenvalue weighted by atomic mass is 10.1. The molecule has 1 atom stereocenters. The molecule has 0 spiro atoms. The van der Waals surface area contributed by atoms with E-state index in [4.69, 9.17) is 5.73 Å². The number of aromatic amines is 1. The molecule has 3 heteroatoms. The van der Waals surface area contributed by atoms with E-state index in [-0.39, 0.29) is 0 Å². The van der Waals surface area contributed by atoms with E-state index >= 15 is 0 Å². The number of hydrogen-bond acceptors (Lipinski definition) is 2. The van der Waals surface area contributed by atoms with Crippen LogP contribution < -0.4 is 5.73 Å². The van der Waals surface area contributed by atoms with Gasteiger partial charge in [-0.05, 0) is 24.3 Å². The molecule has 1 unspecified atom stereocenters. The standard InChI is InChI=1S/C8H13N3/c1-5-2-6-7(3-5)10-11-8(6)4-9/h5H,2-4,9H2,1H3,(H,10,11). The first-order chi connectivity index (χ1) is 5.31. The minimum atomic E-state index is 0.568. The van der Waals surface area contributed by atoms with Crippen LogP contribution >= 0.6 is 0 Å². The van der Waals surface area contributed by atoms with Crippen LogP contribution in [0.3, 0.4) is 0 Å². The number of H-pyrrole nitrogens is 1. The van der Waals surface area contributed by atoms with Crippen LogP contribution in [0.25, 0.3) is 0 Å². The minimum Gasteiger partial charge on any atom is -0.325 e. The molecule has 0 fully saturated rings. The van der Waals surface area contributed by atoms with E-state index in [1.54, 1.807) is 0 Å². The maximum absolute atomic E-state index is 5.53. The van der Waals surface area contributed by atoms with Crippen LogP contribution in [-0.2, 0) is 19.4 Å². The van der Waals surface area contributed by atoms with Crippen molar-refractivity contribution in [2.24, 2.45) is 11.7 Å². The van der Waals surface area contributed by atoms with Gasteiger partial charge in [0.2, 0.25) is 0 Å². The fourth-order valence-electron chi connectivity index (χ4n) is 1.79. The second kappa shape index (κ2) is 2.34. The second-order valence-electron chi connectivity index (χ2n) is 3.34. The van der Waals surface area contributed by atoms with Gasteiger partial charge in [0.1, 0.15) is 0 Å². The molecule has 2 rings (SSSR count). The summed E-state index contributed by atoms with van der Waals surface area (Å²) in [5.41, 5.74) is 9.27. The lowest BCUT2D eigenvalue weighted by molar-refractivity contribution is 0.612. The molecule has 0 amide bonds. The molecule has 3 nitrogen and oxygen atoms in total. The van der Waals surface area contributed by atoms with Crippen molar-refractivity contribution in [1.29, 1.82) is 0 Å². The van der Waals surface area contributed by atoms with Crippen molar-refractivity contribution in [2.75, 3.05) is 0 Å². The van der Waals surface area contributed by atoms with E-state index in [0.717, 1.165) is 24.5 Å². The molecule has 60 valence electrons. The van der Waals surface area contributed by atoms with Gasteiger partial charge in [0.15, 0.2) is 0 Å². The molecule has 1 aliphatic rings. The largest absolute Gasteiger partial charge is 0.325 e. The topological polar surface area (TPSA) is 54.7 Å². The molecule has 1 aromatic heterocycles. The lowest BCUT2D eigenvalue weighted by Crippen LogP contribution is -2.01. The number of nitrogens with one attached hydrogen (secondary N) is 1. The van der Waals surface area contributed by atoms with E-state index < -0.39 is 0 Å². The van der Waals surface area contributed by atoms with Gasteiger partial charge in [-0.25, -0.2) is 0 Å². The number of aromatic nitrogens is 2. The van der Waals surface area contributed by atoms with Crippen molar-refractivity contribution in [3.8, 4) is 0 Å². The molecule has 0 saturated heterocycles. The third kappa shape index (κ3) is 0.959. The maximum atomic E-state index is 5.53. The number of nitrogens with two attached hydrogens (primary N) is 1. The normalized spacial score (nSPS) is 22.2. The van der Waals surface area contributed by atoms with Gasteiger partial charge in [-0.3, -0.25) is 5.10 Å². The molecule has 1 heterocycles.